The van der Waals surface area contributed by atoms with E-state index in [-0.39, 0.29) is 0 Å². The molecule has 2 fully saturated rings. The lowest BCUT2D eigenvalue weighted by molar-refractivity contribution is 0.200. The van der Waals surface area contributed by atoms with Crippen LogP contribution in [-0.4, -0.2) is 24.7 Å². The number of hydrogen-bond donors (Lipinski definition) is 1. The molecule has 1 spiro atoms. The number of benzene rings is 1. The molecule has 1 aromatic rings. The lowest BCUT2D eigenvalue weighted by Gasteiger charge is -2.50. The van der Waals surface area contributed by atoms with Crippen molar-refractivity contribution in [2.45, 2.75) is 57.5 Å². The van der Waals surface area contributed by atoms with Crippen LogP contribution in [0.25, 0.3) is 0 Å². The van der Waals surface area contributed by atoms with Crippen molar-refractivity contribution < 1.29 is 0 Å². The average molecular weight is 258 g/mol. The van der Waals surface area contributed by atoms with Gasteiger partial charge < -0.3 is 10.2 Å². The van der Waals surface area contributed by atoms with E-state index in [4.69, 9.17) is 0 Å². The van der Waals surface area contributed by atoms with Crippen molar-refractivity contribution in [1.82, 2.24) is 5.32 Å². The highest BCUT2D eigenvalue weighted by Gasteiger charge is 2.38. The van der Waals surface area contributed by atoms with E-state index in [0.29, 0.717) is 11.6 Å². The predicted octanol–water partition coefficient (Wildman–Crippen LogP) is 3.50. The first-order valence-corrected chi connectivity index (χ1v) is 7.77. The van der Waals surface area contributed by atoms with E-state index in [0.717, 1.165) is 6.54 Å². The van der Waals surface area contributed by atoms with Gasteiger partial charge in [0.25, 0.3) is 0 Å². The zero-order valence-corrected chi connectivity index (χ0v) is 12.3. The molecule has 1 heterocycles. The maximum atomic E-state index is 3.86. The second-order valence-electron chi connectivity index (χ2n) is 6.54. The summed E-state index contributed by atoms with van der Waals surface area (Å²) >= 11 is 0. The van der Waals surface area contributed by atoms with Gasteiger partial charge in [0, 0.05) is 30.4 Å². The first kappa shape index (κ1) is 13.0. The summed E-state index contributed by atoms with van der Waals surface area (Å²) in [5.41, 5.74) is 3.15. The highest BCUT2D eigenvalue weighted by Crippen LogP contribution is 2.33. The van der Waals surface area contributed by atoms with Crippen molar-refractivity contribution in [2.24, 2.45) is 0 Å². The summed E-state index contributed by atoms with van der Waals surface area (Å²) in [6, 6.07) is 9.57. The SMILES string of the molecule is Cc1cccc(N2CC3(CCCCC3)NCC2C)c1. The van der Waals surface area contributed by atoms with Gasteiger partial charge in [-0.2, -0.15) is 0 Å². The minimum absolute atomic E-state index is 0.383. The molecule has 1 unspecified atom stereocenters. The van der Waals surface area contributed by atoms with Crippen LogP contribution in [0.4, 0.5) is 5.69 Å². The molecule has 104 valence electrons. The van der Waals surface area contributed by atoms with E-state index in [9.17, 15) is 0 Å². The minimum Gasteiger partial charge on any atom is -0.366 e. The number of nitrogens with zero attached hydrogens (tertiary/aromatic N) is 1. The first-order valence-electron chi connectivity index (χ1n) is 7.77. The molecule has 1 aromatic carbocycles. The molecule has 0 aromatic heterocycles. The number of nitrogens with one attached hydrogen (secondary N) is 1. The van der Waals surface area contributed by atoms with Crippen LogP contribution in [0.3, 0.4) is 0 Å². The van der Waals surface area contributed by atoms with Gasteiger partial charge in [-0.1, -0.05) is 31.4 Å². The molecule has 2 nitrogen and oxygen atoms in total. The fraction of sp³-hybridized carbons (Fsp3) is 0.647. The number of anilines is 1. The Hall–Kier alpha value is -1.02. The molecule has 1 N–H and O–H groups in total. The van der Waals surface area contributed by atoms with Gasteiger partial charge in [-0.25, -0.2) is 0 Å². The van der Waals surface area contributed by atoms with Crippen LogP contribution in [-0.2, 0) is 0 Å². The molecule has 0 radical (unpaired) electrons. The smallest absolute Gasteiger partial charge is 0.0387 e. The Balaban J connectivity index is 1.83. The second kappa shape index (κ2) is 5.16. The van der Waals surface area contributed by atoms with E-state index in [2.05, 4.69) is 48.3 Å². The highest BCUT2D eigenvalue weighted by molar-refractivity contribution is 5.50. The Morgan fingerprint density at radius 1 is 1.21 bits per heavy atom. The van der Waals surface area contributed by atoms with Gasteiger partial charge in [0.1, 0.15) is 0 Å². The first-order chi connectivity index (χ1) is 9.19. The molecule has 1 saturated carbocycles. The fourth-order valence-corrected chi connectivity index (χ4v) is 3.73. The number of hydrogen-bond acceptors (Lipinski definition) is 2. The number of aryl methyl sites for hydroxylation is 1. The van der Waals surface area contributed by atoms with Gasteiger partial charge in [-0.15, -0.1) is 0 Å². The molecule has 2 aliphatic rings. The average Bonchev–Trinajstić information content (AvgIpc) is 2.43. The minimum atomic E-state index is 0.383. The Labute approximate surface area is 117 Å². The second-order valence-corrected chi connectivity index (χ2v) is 6.54. The largest absolute Gasteiger partial charge is 0.366 e. The molecule has 1 atom stereocenters. The zero-order chi connectivity index (χ0) is 13.3. The molecule has 0 bridgehead atoms. The summed E-state index contributed by atoms with van der Waals surface area (Å²) in [4.78, 5) is 2.62. The maximum absolute atomic E-state index is 3.86. The van der Waals surface area contributed by atoms with Crippen molar-refractivity contribution in [3.63, 3.8) is 0 Å². The molecule has 1 saturated heterocycles. The van der Waals surface area contributed by atoms with E-state index < -0.39 is 0 Å². The van der Waals surface area contributed by atoms with Crippen LogP contribution in [0.5, 0.6) is 0 Å². The van der Waals surface area contributed by atoms with Crippen LogP contribution in [0.1, 0.15) is 44.6 Å². The monoisotopic (exact) mass is 258 g/mol. The summed E-state index contributed by atoms with van der Waals surface area (Å²) < 4.78 is 0. The molecule has 3 rings (SSSR count). The molecule has 0 amide bonds. The Kier molecular flexibility index (Phi) is 3.53. The predicted molar refractivity (Wildman–Crippen MR) is 81.8 cm³/mol. The Morgan fingerprint density at radius 2 is 2.00 bits per heavy atom. The molecule has 1 aliphatic carbocycles. The van der Waals surface area contributed by atoms with Gasteiger partial charge >= 0.3 is 0 Å². The molecule has 2 heteroatoms. The summed E-state index contributed by atoms with van der Waals surface area (Å²) in [6.45, 7) is 6.82. The van der Waals surface area contributed by atoms with Crippen molar-refractivity contribution in [3.05, 3.63) is 29.8 Å². The van der Waals surface area contributed by atoms with Crippen LogP contribution >= 0.6 is 0 Å². The lowest BCUT2D eigenvalue weighted by Crippen LogP contribution is -2.64. The lowest BCUT2D eigenvalue weighted by atomic mass is 9.79. The molecule has 19 heavy (non-hydrogen) atoms. The van der Waals surface area contributed by atoms with Crippen LogP contribution in [0.2, 0.25) is 0 Å². The van der Waals surface area contributed by atoms with Gasteiger partial charge in [-0.05, 0) is 44.4 Å². The van der Waals surface area contributed by atoms with Crippen molar-refractivity contribution in [2.75, 3.05) is 18.0 Å². The fourth-order valence-electron chi connectivity index (χ4n) is 3.73. The van der Waals surface area contributed by atoms with E-state index in [1.165, 1.54) is 49.9 Å². The standard InChI is InChI=1S/C17H26N2/c1-14-7-6-8-16(11-14)19-13-17(18-12-15(19)2)9-4-3-5-10-17/h6-8,11,15,18H,3-5,9-10,12-13H2,1-2H3. The van der Waals surface area contributed by atoms with Gasteiger partial charge in [0.05, 0.1) is 0 Å². The van der Waals surface area contributed by atoms with Crippen molar-refractivity contribution in [3.8, 4) is 0 Å². The topological polar surface area (TPSA) is 15.3 Å². The van der Waals surface area contributed by atoms with E-state index in [1.807, 2.05) is 0 Å². The van der Waals surface area contributed by atoms with Crippen LogP contribution in [0.15, 0.2) is 24.3 Å². The third-order valence-electron chi connectivity index (χ3n) is 4.92. The normalized spacial score (nSPS) is 26.6. The quantitative estimate of drug-likeness (QED) is 0.829. The van der Waals surface area contributed by atoms with Crippen LogP contribution in [0, 0.1) is 6.92 Å². The van der Waals surface area contributed by atoms with Crippen molar-refractivity contribution in [1.29, 1.82) is 0 Å². The van der Waals surface area contributed by atoms with Gasteiger partial charge in [0.2, 0.25) is 0 Å². The van der Waals surface area contributed by atoms with Gasteiger partial charge in [-0.3, -0.25) is 0 Å². The van der Waals surface area contributed by atoms with Crippen LogP contribution < -0.4 is 10.2 Å². The number of rotatable bonds is 1. The third-order valence-corrected chi connectivity index (χ3v) is 4.92. The Morgan fingerprint density at radius 3 is 2.74 bits per heavy atom. The van der Waals surface area contributed by atoms with Gasteiger partial charge in [0.15, 0.2) is 0 Å². The third kappa shape index (κ3) is 2.64. The molecular formula is C17H26N2. The highest BCUT2D eigenvalue weighted by atomic mass is 15.3. The maximum Gasteiger partial charge on any atom is 0.0387 e. The molecular weight excluding hydrogens is 232 g/mol. The summed E-state index contributed by atoms with van der Waals surface area (Å²) in [5.74, 6) is 0. The number of piperazine rings is 1. The van der Waals surface area contributed by atoms with E-state index >= 15 is 0 Å². The van der Waals surface area contributed by atoms with Crippen molar-refractivity contribution >= 4 is 5.69 Å². The molecule has 1 aliphatic heterocycles. The zero-order valence-electron chi connectivity index (χ0n) is 12.3. The summed E-state index contributed by atoms with van der Waals surface area (Å²) in [6.07, 6.45) is 6.90. The summed E-state index contributed by atoms with van der Waals surface area (Å²) in [5, 5.41) is 3.86. The van der Waals surface area contributed by atoms with E-state index in [1.54, 1.807) is 0 Å². The Bertz CT molecular complexity index is 435. The summed E-state index contributed by atoms with van der Waals surface area (Å²) in [7, 11) is 0.